The lowest BCUT2D eigenvalue weighted by Gasteiger charge is -2.13. The van der Waals surface area contributed by atoms with Crippen LogP contribution in [0.5, 0.6) is 5.75 Å². The molecule has 16 heavy (non-hydrogen) atoms. The van der Waals surface area contributed by atoms with Crippen molar-refractivity contribution in [1.82, 2.24) is 0 Å². The predicted octanol–water partition coefficient (Wildman–Crippen LogP) is 3.08. The Bertz CT molecular complexity index is 363. The first-order valence-corrected chi connectivity index (χ1v) is 5.94. The zero-order valence-corrected chi connectivity index (χ0v) is 11.2. The molecule has 0 radical (unpaired) electrons. The number of carbonyl (C=O) groups is 1. The third-order valence-electron chi connectivity index (χ3n) is 2.16. The van der Waals surface area contributed by atoms with Crippen LogP contribution in [0.1, 0.15) is 24.2 Å². The van der Waals surface area contributed by atoms with Crippen molar-refractivity contribution in [2.24, 2.45) is 0 Å². The highest BCUT2D eigenvalue weighted by atomic mass is 79.9. The fourth-order valence-corrected chi connectivity index (χ4v) is 1.54. The topological polar surface area (TPSA) is 35.5 Å². The second-order valence-electron chi connectivity index (χ2n) is 3.47. The summed E-state index contributed by atoms with van der Waals surface area (Å²) in [6.45, 7) is 3.69. The molecule has 0 aliphatic rings. The maximum atomic E-state index is 11.2. The maximum absolute atomic E-state index is 11.2. The van der Waals surface area contributed by atoms with Gasteiger partial charge in [-0.15, -0.1) is 0 Å². The molecule has 0 fully saturated rings. The van der Waals surface area contributed by atoms with Crippen LogP contribution in [-0.2, 0) is 9.53 Å². The van der Waals surface area contributed by atoms with Crippen LogP contribution in [0.25, 0.3) is 0 Å². The molecule has 0 saturated heterocycles. The van der Waals surface area contributed by atoms with E-state index in [0.29, 0.717) is 5.75 Å². The number of carbonyl (C=O) groups excluding carboxylic acids is 1. The highest BCUT2D eigenvalue weighted by molar-refractivity contribution is 9.09. The highest BCUT2D eigenvalue weighted by Crippen LogP contribution is 2.25. The third kappa shape index (κ3) is 3.52. The zero-order chi connectivity index (χ0) is 12.1. The van der Waals surface area contributed by atoms with Crippen molar-refractivity contribution in [2.75, 3.05) is 7.11 Å². The summed E-state index contributed by atoms with van der Waals surface area (Å²) in [4.78, 5) is 11.4. The molecule has 0 aliphatic heterocycles. The molecule has 2 unspecified atom stereocenters. The number of alkyl halides is 1. The van der Waals surface area contributed by atoms with Gasteiger partial charge in [0.25, 0.3) is 0 Å². The SMILES string of the molecule is COC(=O)C(C)Oc1cccc(C(C)Br)c1. The van der Waals surface area contributed by atoms with E-state index < -0.39 is 6.10 Å². The number of halogens is 1. The molecule has 1 aromatic rings. The van der Waals surface area contributed by atoms with Gasteiger partial charge in [0.15, 0.2) is 6.10 Å². The van der Waals surface area contributed by atoms with Gasteiger partial charge in [0.2, 0.25) is 0 Å². The Morgan fingerprint density at radius 2 is 2.06 bits per heavy atom. The van der Waals surface area contributed by atoms with Crippen LogP contribution in [0, 0.1) is 0 Å². The van der Waals surface area contributed by atoms with E-state index in [-0.39, 0.29) is 10.8 Å². The quantitative estimate of drug-likeness (QED) is 0.630. The predicted molar refractivity (Wildman–Crippen MR) is 65.9 cm³/mol. The Morgan fingerprint density at radius 1 is 1.38 bits per heavy atom. The second-order valence-corrected chi connectivity index (χ2v) is 4.85. The summed E-state index contributed by atoms with van der Waals surface area (Å²) in [6.07, 6.45) is -0.592. The van der Waals surface area contributed by atoms with Gasteiger partial charge in [-0.2, -0.15) is 0 Å². The Hall–Kier alpha value is -1.03. The molecule has 4 heteroatoms. The van der Waals surface area contributed by atoms with Gasteiger partial charge in [-0.25, -0.2) is 4.79 Å². The average molecular weight is 287 g/mol. The molecule has 0 spiro atoms. The molecule has 0 heterocycles. The summed E-state index contributed by atoms with van der Waals surface area (Å²) in [5.74, 6) is 0.291. The van der Waals surface area contributed by atoms with Crippen LogP contribution in [-0.4, -0.2) is 19.2 Å². The second kappa shape index (κ2) is 5.89. The van der Waals surface area contributed by atoms with E-state index in [1.807, 2.05) is 31.2 Å². The van der Waals surface area contributed by atoms with Crippen LogP contribution in [0.2, 0.25) is 0 Å². The molecule has 88 valence electrons. The first-order chi connectivity index (χ1) is 7.54. The Balaban J connectivity index is 2.74. The number of rotatable bonds is 4. The monoisotopic (exact) mass is 286 g/mol. The van der Waals surface area contributed by atoms with Crippen molar-refractivity contribution in [1.29, 1.82) is 0 Å². The summed E-state index contributed by atoms with van der Waals surface area (Å²) < 4.78 is 10.1. The van der Waals surface area contributed by atoms with Gasteiger partial charge >= 0.3 is 5.97 Å². The third-order valence-corrected chi connectivity index (χ3v) is 2.69. The highest BCUT2D eigenvalue weighted by Gasteiger charge is 2.14. The van der Waals surface area contributed by atoms with E-state index in [2.05, 4.69) is 20.7 Å². The molecule has 0 aromatic heterocycles. The van der Waals surface area contributed by atoms with Gasteiger partial charge in [-0.3, -0.25) is 0 Å². The fourth-order valence-electron chi connectivity index (χ4n) is 1.25. The van der Waals surface area contributed by atoms with Crippen molar-refractivity contribution < 1.29 is 14.3 Å². The van der Waals surface area contributed by atoms with E-state index in [9.17, 15) is 4.79 Å². The van der Waals surface area contributed by atoms with Gasteiger partial charge in [-0.1, -0.05) is 28.1 Å². The molecule has 0 bridgehead atoms. The van der Waals surface area contributed by atoms with E-state index in [1.54, 1.807) is 6.92 Å². The molecular weight excluding hydrogens is 272 g/mol. The minimum Gasteiger partial charge on any atom is -0.479 e. The minimum absolute atomic E-state index is 0.254. The summed E-state index contributed by atoms with van der Waals surface area (Å²) in [6, 6.07) is 7.61. The maximum Gasteiger partial charge on any atom is 0.346 e. The summed E-state index contributed by atoms with van der Waals surface area (Å²) in [5, 5.41) is 0. The van der Waals surface area contributed by atoms with Crippen LogP contribution in [0.3, 0.4) is 0 Å². The van der Waals surface area contributed by atoms with Crippen molar-refractivity contribution in [3.63, 3.8) is 0 Å². The van der Waals surface area contributed by atoms with E-state index >= 15 is 0 Å². The molecule has 1 rings (SSSR count). The summed E-state index contributed by atoms with van der Waals surface area (Å²) in [5.41, 5.74) is 1.11. The van der Waals surface area contributed by atoms with Gasteiger partial charge in [0.05, 0.1) is 7.11 Å². The first kappa shape index (κ1) is 13.0. The van der Waals surface area contributed by atoms with Gasteiger partial charge in [0.1, 0.15) is 5.75 Å². The Labute approximate surface area is 104 Å². The average Bonchev–Trinajstić information content (AvgIpc) is 2.28. The molecule has 0 amide bonds. The van der Waals surface area contributed by atoms with Crippen LogP contribution >= 0.6 is 15.9 Å². The Morgan fingerprint density at radius 3 is 2.62 bits per heavy atom. The summed E-state index contributed by atoms with van der Waals surface area (Å²) >= 11 is 3.48. The number of benzene rings is 1. The normalized spacial score (nSPS) is 14.0. The van der Waals surface area contributed by atoms with E-state index in [1.165, 1.54) is 7.11 Å². The van der Waals surface area contributed by atoms with Gasteiger partial charge < -0.3 is 9.47 Å². The number of esters is 1. The molecule has 0 saturated carbocycles. The fraction of sp³-hybridized carbons (Fsp3) is 0.417. The van der Waals surface area contributed by atoms with Crippen molar-refractivity contribution in [2.45, 2.75) is 24.8 Å². The van der Waals surface area contributed by atoms with Crippen LogP contribution < -0.4 is 4.74 Å². The largest absolute Gasteiger partial charge is 0.479 e. The Kier molecular flexibility index (Phi) is 4.80. The van der Waals surface area contributed by atoms with Crippen molar-refractivity contribution in [3.8, 4) is 5.75 Å². The first-order valence-electron chi connectivity index (χ1n) is 5.03. The van der Waals surface area contributed by atoms with E-state index in [4.69, 9.17) is 4.74 Å². The smallest absolute Gasteiger partial charge is 0.346 e. The molecule has 2 atom stereocenters. The number of hydrogen-bond acceptors (Lipinski definition) is 3. The number of hydrogen-bond donors (Lipinski definition) is 0. The van der Waals surface area contributed by atoms with Crippen molar-refractivity contribution >= 4 is 21.9 Å². The zero-order valence-electron chi connectivity index (χ0n) is 9.57. The lowest BCUT2D eigenvalue weighted by atomic mass is 10.1. The molecule has 0 aliphatic carbocycles. The minimum atomic E-state index is -0.592. The lowest BCUT2D eigenvalue weighted by Crippen LogP contribution is -2.24. The number of methoxy groups -OCH3 is 1. The number of ether oxygens (including phenoxy) is 2. The van der Waals surface area contributed by atoms with Crippen molar-refractivity contribution in [3.05, 3.63) is 29.8 Å². The van der Waals surface area contributed by atoms with Gasteiger partial charge in [0, 0.05) is 4.83 Å². The molecule has 1 aromatic carbocycles. The van der Waals surface area contributed by atoms with Gasteiger partial charge in [-0.05, 0) is 31.5 Å². The summed E-state index contributed by atoms with van der Waals surface area (Å²) in [7, 11) is 1.35. The standard InChI is InChI=1S/C12H15BrO3/c1-8(13)10-5-4-6-11(7-10)16-9(2)12(14)15-3/h4-9H,1-3H3. The molecule has 3 nitrogen and oxygen atoms in total. The molecular formula is C12H15BrO3. The van der Waals surface area contributed by atoms with E-state index in [0.717, 1.165) is 5.56 Å². The molecule has 0 N–H and O–H groups in total. The van der Waals surface area contributed by atoms with Crippen LogP contribution in [0.4, 0.5) is 0 Å². The lowest BCUT2D eigenvalue weighted by molar-refractivity contribution is -0.147. The van der Waals surface area contributed by atoms with Crippen LogP contribution in [0.15, 0.2) is 24.3 Å².